The summed E-state index contributed by atoms with van der Waals surface area (Å²) in [6.45, 7) is 1.86. The molecule has 6 rings (SSSR count). The number of nitrogens with one attached hydrogen (secondary N) is 2. The highest BCUT2D eigenvalue weighted by Crippen LogP contribution is 2.31. The van der Waals surface area contributed by atoms with E-state index in [9.17, 15) is 5.11 Å². The summed E-state index contributed by atoms with van der Waals surface area (Å²) in [5.74, 6) is 1.96. The molecular weight excluding hydrogens is 422 g/mol. The molecule has 6 nitrogen and oxygen atoms in total. The lowest BCUT2D eigenvalue weighted by molar-refractivity contribution is 0.475. The van der Waals surface area contributed by atoms with Gasteiger partial charge < -0.3 is 15.4 Å². The quantitative estimate of drug-likeness (QED) is 0.426. The number of rotatable bonds is 3. The number of benzene rings is 3. The fourth-order valence-electron chi connectivity index (χ4n) is 4.22. The molecule has 0 spiro atoms. The Balaban J connectivity index is 0.00000216. The number of aliphatic imine (C=N–C) groups is 2. The van der Waals surface area contributed by atoms with Gasteiger partial charge in [0.2, 0.25) is 0 Å². The van der Waals surface area contributed by atoms with Gasteiger partial charge in [-0.2, -0.15) is 0 Å². The second-order valence-electron chi connectivity index (χ2n) is 7.96. The normalized spacial score (nSPS) is 14.9. The van der Waals surface area contributed by atoms with Gasteiger partial charge in [0.05, 0.1) is 22.4 Å². The van der Waals surface area contributed by atoms with Crippen LogP contribution in [0.15, 0.2) is 70.6 Å². The number of fused-ring (bicyclic) bond motifs is 2. The molecule has 0 saturated heterocycles. The van der Waals surface area contributed by atoms with Crippen molar-refractivity contribution in [1.29, 1.82) is 0 Å². The van der Waals surface area contributed by atoms with E-state index >= 15 is 0 Å². The first kappa shape index (κ1) is 20.3. The number of halogens is 1. The Morgan fingerprint density at radius 3 is 2.66 bits per heavy atom. The van der Waals surface area contributed by atoms with Crippen LogP contribution in [-0.2, 0) is 6.42 Å². The van der Waals surface area contributed by atoms with Crippen LogP contribution >= 0.6 is 12.4 Å². The fraction of sp³-hybridized carbons (Fsp3) is 0.160. The molecule has 2 aliphatic rings. The lowest BCUT2D eigenvalue weighted by Gasteiger charge is -2.15. The van der Waals surface area contributed by atoms with Crippen LogP contribution in [0.5, 0.6) is 5.75 Å². The molecule has 3 N–H and O–H groups in total. The topological polar surface area (TPSA) is 85.7 Å². The van der Waals surface area contributed by atoms with E-state index < -0.39 is 0 Å². The SMILES string of the molecule is Cl.Oc1cccc(-c2nc3ccc(C4=Nc5ccc(C6=NCCCN6)cc5C4)cc3[nH]2)c1. The molecule has 0 fully saturated rings. The van der Waals surface area contributed by atoms with Crippen molar-refractivity contribution in [3.8, 4) is 17.1 Å². The Morgan fingerprint density at radius 1 is 0.906 bits per heavy atom. The van der Waals surface area contributed by atoms with E-state index in [2.05, 4.69) is 50.6 Å². The minimum absolute atomic E-state index is 0. The molecule has 0 unspecified atom stereocenters. The predicted octanol–water partition coefficient (Wildman–Crippen LogP) is 4.77. The summed E-state index contributed by atoms with van der Waals surface area (Å²) in [7, 11) is 0. The van der Waals surface area contributed by atoms with Crippen molar-refractivity contribution >= 4 is 40.7 Å². The van der Waals surface area contributed by atoms with Crippen LogP contribution < -0.4 is 5.32 Å². The number of imidazole rings is 1. The second-order valence-corrected chi connectivity index (χ2v) is 7.96. The Hall–Kier alpha value is -3.64. The van der Waals surface area contributed by atoms with Crippen molar-refractivity contribution in [3.05, 3.63) is 77.4 Å². The number of phenolic OH excluding ortho intramolecular Hbond substituents is 1. The summed E-state index contributed by atoms with van der Waals surface area (Å²) < 4.78 is 0. The molecule has 0 radical (unpaired) electrons. The zero-order valence-electron chi connectivity index (χ0n) is 17.3. The highest BCUT2D eigenvalue weighted by Gasteiger charge is 2.19. The molecule has 4 aromatic rings. The van der Waals surface area contributed by atoms with Gasteiger partial charge in [-0.05, 0) is 60.0 Å². The molecule has 3 heterocycles. The first-order valence-corrected chi connectivity index (χ1v) is 10.5. The second kappa shape index (κ2) is 8.13. The third-order valence-corrected chi connectivity index (χ3v) is 5.80. The third-order valence-electron chi connectivity index (χ3n) is 5.80. The number of nitrogens with zero attached hydrogens (tertiary/aromatic N) is 3. The Kier molecular flexibility index (Phi) is 5.15. The minimum atomic E-state index is 0. The van der Waals surface area contributed by atoms with Crippen LogP contribution in [0, 0.1) is 0 Å². The van der Waals surface area contributed by atoms with Gasteiger partial charge in [-0.1, -0.05) is 18.2 Å². The molecule has 0 atom stereocenters. The predicted molar refractivity (Wildman–Crippen MR) is 131 cm³/mol. The van der Waals surface area contributed by atoms with E-state index in [1.165, 1.54) is 5.56 Å². The summed E-state index contributed by atoms with van der Waals surface area (Å²) in [6, 6.07) is 19.7. The Morgan fingerprint density at radius 2 is 1.81 bits per heavy atom. The van der Waals surface area contributed by atoms with Crippen molar-refractivity contribution in [1.82, 2.24) is 15.3 Å². The summed E-state index contributed by atoms with van der Waals surface area (Å²) in [5, 5.41) is 13.2. The average Bonchev–Trinajstić information content (AvgIpc) is 3.43. The molecular formula is C25H22ClN5O. The Labute approximate surface area is 191 Å². The summed E-state index contributed by atoms with van der Waals surface area (Å²) in [4.78, 5) is 17.5. The maximum atomic E-state index is 9.76. The van der Waals surface area contributed by atoms with Gasteiger partial charge in [0.15, 0.2) is 0 Å². The van der Waals surface area contributed by atoms with E-state index in [1.54, 1.807) is 12.1 Å². The van der Waals surface area contributed by atoms with Crippen molar-refractivity contribution in [3.63, 3.8) is 0 Å². The van der Waals surface area contributed by atoms with E-state index in [-0.39, 0.29) is 18.2 Å². The standard InChI is InChI=1S/C25H21N5O.ClH/c31-19-4-1-3-16(12-19)25-29-21-8-5-15(13-23(21)30-25)22-14-18-11-17(6-7-20(18)28-22)24-26-9-2-10-27-24;/h1,3-8,11-13,31H,2,9-10,14H2,(H,26,27)(H,29,30);1H. The molecule has 0 aliphatic carbocycles. The van der Waals surface area contributed by atoms with E-state index in [0.717, 1.165) is 76.7 Å². The molecule has 32 heavy (non-hydrogen) atoms. The maximum absolute atomic E-state index is 9.76. The summed E-state index contributed by atoms with van der Waals surface area (Å²) in [5.41, 5.74) is 8.24. The molecule has 160 valence electrons. The van der Waals surface area contributed by atoms with Gasteiger partial charge in [-0.15, -0.1) is 12.4 Å². The maximum Gasteiger partial charge on any atom is 0.138 e. The number of hydrogen-bond acceptors (Lipinski definition) is 5. The number of aromatic nitrogens is 2. The van der Waals surface area contributed by atoms with Crippen LogP contribution in [-0.4, -0.2) is 39.7 Å². The van der Waals surface area contributed by atoms with Crippen molar-refractivity contribution in [2.45, 2.75) is 12.8 Å². The molecule has 2 aliphatic heterocycles. The highest BCUT2D eigenvalue weighted by atomic mass is 35.5. The molecule has 0 saturated carbocycles. The van der Waals surface area contributed by atoms with E-state index in [0.29, 0.717) is 0 Å². The zero-order chi connectivity index (χ0) is 20.8. The molecule has 3 aromatic carbocycles. The van der Waals surface area contributed by atoms with Gasteiger partial charge in [-0.3, -0.25) is 9.98 Å². The van der Waals surface area contributed by atoms with Crippen molar-refractivity contribution < 1.29 is 5.11 Å². The highest BCUT2D eigenvalue weighted by molar-refractivity contribution is 6.09. The van der Waals surface area contributed by atoms with Crippen LogP contribution in [0.4, 0.5) is 5.69 Å². The fourth-order valence-corrected chi connectivity index (χ4v) is 4.22. The number of aromatic hydroxyl groups is 1. The molecule has 0 amide bonds. The van der Waals surface area contributed by atoms with Crippen LogP contribution in [0.25, 0.3) is 22.4 Å². The molecule has 1 aromatic heterocycles. The minimum Gasteiger partial charge on any atom is -0.508 e. The number of H-pyrrole nitrogens is 1. The number of amidine groups is 1. The summed E-state index contributed by atoms with van der Waals surface area (Å²) >= 11 is 0. The lowest BCUT2D eigenvalue weighted by atomic mass is 10.0. The van der Waals surface area contributed by atoms with Gasteiger partial charge in [-0.25, -0.2) is 4.98 Å². The van der Waals surface area contributed by atoms with Gasteiger partial charge >= 0.3 is 0 Å². The molecule has 7 heteroatoms. The number of phenols is 1. The van der Waals surface area contributed by atoms with E-state index in [1.807, 2.05) is 18.2 Å². The smallest absolute Gasteiger partial charge is 0.138 e. The van der Waals surface area contributed by atoms with Crippen molar-refractivity contribution in [2.24, 2.45) is 9.98 Å². The Bertz CT molecular complexity index is 1390. The van der Waals surface area contributed by atoms with Gasteiger partial charge in [0.1, 0.15) is 17.4 Å². The lowest BCUT2D eigenvalue weighted by Crippen LogP contribution is -2.30. The van der Waals surface area contributed by atoms with Crippen molar-refractivity contribution in [2.75, 3.05) is 13.1 Å². The first-order chi connectivity index (χ1) is 15.2. The largest absolute Gasteiger partial charge is 0.508 e. The average molecular weight is 444 g/mol. The number of aromatic amines is 1. The van der Waals surface area contributed by atoms with Gasteiger partial charge in [0, 0.05) is 30.6 Å². The van der Waals surface area contributed by atoms with E-state index in [4.69, 9.17) is 4.99 Å². The monoisotopic (exact) mass is 443 g/mol. The molecule has 0 bridgehead atoms. The van der Waals surface area contributed by atoms with Crippen LogP contribution in [0.2, 0.25) is 0 Å². The number of hydrogen-bond donors (Lipinski definition) is 3. The summed E-state index contributed by atoms with van der Waals surface area (Å²) in [6.07, 6.45) is 1.89. The van der Waals surface area contributed by atoms with Gasteiger partial charge in [0.25, 0.3) is 0 Å². The van der Waals surface area contributed by atoms with Crippen LogP contribution in [0.1, 0.15) is 23.1 Å². The first-order valence-electron chi connectivity index (χ1n) is 10.5. The van der Waals surface area contributed by atoms with Crippen LogP contribution in [0.3, 0.4) is 0 Å². The zero-order valence-corrected chi connectivity index (χ0v) is 18.1. The third kappa shape index (κ3) is 3.63.